The first-order valence-corrected chi connectivity index (χ1v) is 8.35. The minimum Gasteiger partial charge on any atom is -0.494 e. The van der Waals surface area contributed by atoms with Crippen molar-refractivity contribution in [3.8, 4) is 22.9 Å². The first kappa shape index (κ1) is 17.5. The van der Waals surface area contributed by atoms with E-state index in [1.54, 1.807) is 35.1 Å². The SMILES string of the molecule is CCCOc1ccc(OC(=O)c2nn(-c3ccccc3)cc2OC)cc1. The third kappa shape index (κ3) is 4.03. The molecule has 1 aromatic heterocycles. The second-order valence-electron chi connectivity index (χ2n) is 5.54. The van der Waals surface area contributed by atoms with Gasteiger partial charge in [-0.1, -0.05) is 25.1 Å². The Kier molecular flexibility index (Phi) is 5.53. The van der Waals surface area contributed by atoms with Crippen molar-refractivity contribution in [2.24, 2.45) is 0 Å². The van der Waals surface area contributed by atoms with E-state index in [-0.39, 0.29) is 5.69 Å². The number of rotatable bonds is 7. The van der Waals surface area contributed by atoms with Crippen LogP contribution < -0.4 is 14.2 Å². The molecular formula is C20H20N2O4. The third-order valence-corrected chi connectivity index (χ3v) is 3.62. The summed E-state index contributed by atoms with van der Waals surface area (Å²) in [7, 11) is 1.49. The van der Waals surface area contributed by atoms with Crippen molar-refractivity contribution in [3.05, 3.63) is 66.5 Å². The molecule has 0 fully saturated rings. The van der Waals surface area contributed by atoms with Crippen LogP contribution in [0.2, 0.25) is 0 Å². The van der Waals surface area contributed by atoms with Gasteiger partial charge in [0.25, 0.3) is 0 Å². The number of benzene rings is 2. The topological polar surface area (TPSA) is 62.6 Å². The summed E-state index contributed by atoms with van der Waals surface area (Å²) >= 11 is 0. The molecule has 2 aromatic carbocycles. The number of nitrogens with zero attached hydrogens (tertiary/aromatic N) is 2. The van der Waals surface area contributed by atoms with Crippen LogP contribution in [0.15, 0.2) is 60.8 Å². The predicted octanol–water partition coefficient (Wildman–Crippen LogP) is 3.89. The first-order chi connectivity index (χ1) is 12.7. The molecule has 6 nitrogen and oxygen atoms in total. The maximum absolute atomic E-state index is 12.5. The second-order valence-corrected chi connectivity index (χ2v) is 5.54. The van der Waals surface area contributed by atoms with Crippen LogP contribution in [0.5, 0.6) is 17.2 Å². The number of carbonyl (C=O) groups is 1. The quantitative estimate of drug-likeness (QED) is 0.477. The van der Waals surface area contributed by atoms with Crippen molar-refractivity contribution in [3.63, 3.8) is 0 Å². The van der Waals surface area contributed by atoms with E-state index in [0.717, 1.165) is 17.9 Å². The van der Waals surface area contributed by atoms with Gasteiger partial charge in [0.15, 0.2) is 5.75 Å². The van der Waals surface area contributed by atoms with E-state index in [2.05, 4.69) is 5.10 Å². The van der Waals surface area contributed by atoms with Gasteiger partial charge in [0.2, 0.25) is 5.69 Å². The number of esters is 1. The Labute approximate surface area is 151 Å². The molecule has 0 saturated carbocycles. The fourth-order valence-corrected chi connectivity index (χ4v) is 2.34. The number of hydrogen-bond donors (Lipinski definition) is 0. The number of ether oxygens (including phenoxy) is 3. The van der Waals surface area contributed by atoms with Crippen LogP contribution in [0, 0.1) is 0 Å². The zero-order valence-electron chi connectivity index (χ0n) is 14.7. The summed E-state index contributed by atoms with van der Waals surface area (Å²) in [6.45, 7) is 2.69. The summed E-state index contributed by atoms with van der Waals surface area (Å²) in [6.07, 6.45) is 2.58. The van der Waals surface area contributed by atoms with E-state index in [1.165, 1.54) is 7.11 Å². The lowest BCUT2D eigenvalue weighted by atomic mass is 10.3. The van der Waals surface area contributed by atoms with E-state index < -0.39 is 5.97 Å². The standard InChI is InChI=1S/C20H20N2O4/c1-3-13-25-16-9-11-17(12-10-16)26-20(23)19-18(24-2)14-22(21-19)15-7-5-4-6-8-15/h4-12,14H,3,13H2,1-2H3. The molecule has 0 amide bonds. The molecule has 3 rings (SSSR count). The normalized spacial score (nSPS) is 10.4. The molecule has 0 bridgehead atoms. The Bertz CT molecular complexity index is 857. The predicted molar refractivity (Wildman–Crippen MR) is 97.3 cm³/mol. The van der Waals surface area contributed by atoms with E-state index >= 15 is 0 Å². The lowest BCUT2D eigenvalue weighted by molar-refractivity contribution is 0.0724. The Morgan fingerprint density at radius 2 is 1.73 bits per heavy atom. The van der Waals surface area contributed by atoms with E-state index in [4.69, 9.17) is 14.2 Å². The highest BCUT2D eigenvalue weighted by atomic mass is 16.5. The van der Waals surface area contributed by atoms with Gasteiger partial charge in [-0.2, -0.15) is 5.10 Å². The zero-order valence-corrected chi connectivity index (χ0v) is 14.7. The number of carbonyl (C=O) groups excluding carboxylic acids is 1. The van der Waals surface area contributed by atoms with Crippen molar-refractivity contribution in [1.82, 2.24) is 9.78 Å². The molecule has 134 valence electrons. The minimum absolute atomic E-state index is 0.114. The summed E-state index contributed by atoms with van der Waals surface area (Å²) in [5.41, 5.74) is 0.935. The molecule has 3 aromatic rings. The van der Waals surface area contributed by atoms with Crippen molar-refractivity contribution >= 4 is 5.97 Å². The van der Waals surface area contributed by atoms with Gasteiger partial charge in [-0.25, -0.2) is 9.48 Å². The fourth-order valence-electron chi connectivity index (χ4n) is 2.34. The van der Waals surface area contributed by atoms with Gasteiger partial charge in [-0.3, -0.25) is 0 Å². The van der Waals surface area contributed by atoms with E-state index in [0.29, 0.717) is 18.1 Å². The minimum atomic E-state index is -0.584. The number of hydrogen-bond acceptors (Lipinski definition) is 5. The van der Waals surface area contributed by atoms with E-state index in [1.807, 2.05) is 37.3 Å². The molecule has 0 saturated heterocycles. The second kappa shape index (κ2) is 8.20. The molecule has 0 aliphatic heterocycles. The van der Waals surface area contributed by atoms with E-state index in [9.17, 15) is 4.79 Å². The molecule has 0 radical (unpaired) electrons. The molecule has 0 aliphatic carbocycles. The summed E-state index contributed by atoms with van der Waals surface area (Å²) in [6, 6.07) is 16.4. The van der Waals surface area contributed by atoms with Crippen LogP contribution in [-0.2, 0) is 0 Å². The Hall–Kier alpha value is -3.28. The van der Waals surface area contributed by atoms with Crippen molar-refractivity contribution in [2.75, 3.05) is 13.7 Å². The molecule has 0 spiro atoms. The lowest BCUT2D eigenvalue weighted by Crippen LogP contribution is -2.11. The summed E-state index contributed by atoms with van der Waals surface area (Å²) in [5, 5.41) is 4.30. The smallest absolute Gasteiger partial charge is 0.368 e. The summed E-state index contributed by atoms with van der Waals surface area (Å²) < 4.78 is 17.8. The average Bonchev–Trinajstić information content (AvgIpc) is 3.13. The fraction of sp³-hybridized carbons (Fsp3) is 0.200. The Morgan fingerprint density at radius 1 is 1.04 bits per heavy atom. The van der Waals surface area contributed by atoms with Crippen molar-refractivity contribution in [1.29, 1.82) is 0 Å². The maximum atomic E-state index is 12.5. The van der Waals surface area contributed by atoms with Crippen LogP contribution >= 0.6 is 0 Å². The van der Waals surface area contributed by atoms with Gasteiger partial charge < -0.3 is 14.2 Å². The van der Waals surface area contributed by atoms with Crippen molar-refractivity contribution < 1.29 is 19.0 Å². The average molecular weight is 352 g/mol. The molecule has 0 unspecified atom stereocenters. The summed E-state index contributed by atoms with van der Waals surface area (Å²) in [5.74, 6) is 0.910. The van der Waals surface area contributed by atoms with Gasteiger partial charge >= 0.3 is 5.97 Å². The highest BCUT2D eigenvalue weighted by molar-refractivity contribution is 5.91. The maximum Gasteiger partial charge on any atom is 0.368 e. The summed E-state index contributed by atoms with van der Waals surface area (Å²) in [4.78, 5) is 12.5. The Morgan fingerprint density at radius 3 is 2.38 bits per heavy atom. The van der Waals surface area contributed by atoms with Gasteiger partial charge in [0.05, 0.1) is 25.6 Å². The van der Waals surface area contributed by atoms with Crippen LogP contribution in [0.3, 0.4) is 0 Å². The molecular weight excluding hydrogens is 332 g/mol. The van der Waals surface area contributed by atoms with Crippen LogP contribution in [0.4, 0.5) is 0 Å². The molecule has 0 aliphatic rings. The lowest BCUT2D eigenvalue weighted by Gasteiger charge is -2.06. The highest BCUT2D eigenvalue weighted by Gasteiger charge is 2.20. The van der Waals surface area contributed by atoms with Gasteiger partial charge in [-0.05, 0) is 42.8 Å². The zero-order chi connectivity index (χ0) is 18.4. The van der Waals surface area contributed by atoms with Gasteiger partial charge in [-0.15, -0.1) is 0 Å². The molecule has 26 heavy (non-hydrogen) atoms. The number of aromatic nitrogens is 2. The Balaban J connectivity index is 1.76. The number of methoxy groups -OCH3 is 1. The van der Waals surface area contributed by atoms with Gasteiger partial charge in [0, 0.05) is 0 Å². The highest BCUT2D eigenvalue weighted by Crippen LogP contribution is 2.23. The van der Waals surface area contributed by atoms with Crippen molar-refractivity contribution in [2.45, 2.75) is 13.3 Å². The van der Waals surface area contributed by atoms with Crippen LogP contribution in [0.1, 0.15) is 23.8 Å². The van der Waals surface area contributed by atoms with Gasteiger partial charge in [0.1, 0.15) is 11.5 Å². The molecule has 0 atom stereocenters. The monoisotopic (exact) mass is 352 g/mol. The third-order valence-electron chi connectivity index (χ3n) is 3.62. The first-order valence-electron chi connectivity index (χ1n) is 8.35. The van der Waals surface area contributed by atoms with Crippen LogP contribution in [-0.4, -0.2) is 29.5 Å². The molecule has 6 heteroatoms. The molecule has 1 heterocycles. The van der Waals surface area contributed by atoms with Crippen LogP contribution in [0.25, 0.3) is 5.69 Å². The number of para-hydroxylation sites is 1. The molecule has 0 N–H and O–H groups in total. The largest absolute Gasteiger partial charge is 0.494 e.